The van der Waals surface area contributed by atoms with Gasteiger partial charge in [-0.05, 0) is 25.7 Å². The lowest BCUT2D eigenvalue weighted by Gasteiger charge is -2.07. The first-order valence-electron chi connectivity index (χ1n) is 19.5. The molecule has 0 amide bonds. The fourth-order valence-electron chi connectivity index (χ4n) is 6.32. The molecule has 0 N–H and O–H groups in total. The van der Waals surface area contributed by atoms with Crippen molar-refractivity contribution in [2.45, 2.75) is 245 Å². The molecule has 0 rings (SSSR count). The molecule has 0 aromatic rings. The lowest BCUT2D eigenvalue weighted by molar-refractivity contribution is 0.523. The minimum absolute atomic E-state index is 1.29. The van der Waals surface area contributed by atoms with Crippen molar-refractivity contribution in [3.8, 4) is 0 Å². The first-order valence-corrected chi connectivity index (χ1v) is 19.5. The minimum Gasteiger partial charge on any atom is -0.0999 e. The molecule has 0 aromatic heterocycles. The first kappa shape index (κ1) is 39.7. The van der Waals surface area contributed by atoms with Gasteiger partial charge in [0.25, 0.3) is 0 Å². The highest BCUT2D eigenvalue weighted by atomic mass is 14.1. The Morgan fingerprint density at radius 2 is 0.400 bits per heavy atom. The van der Waals surface area contributed by atoms with Crippen LogP contribution in [0.25, 0.3) is 0 Å². The Morgan fingerprint density at radius 3 is 0.575 bits per heavy atom. The standard InChI is InChI=1S/C40H80/c1-4-6-8-10-12-14-16-18-20-22-23-25-27-29-31-33-35-37-39-40(3)38-36-34-32-30-28-26-24-21-19-17-15-13-11-9-7-5-2/h3-39H2,1-2H3. The van der Waals surface area contributed by atoms with Crippen LogP contribution in [0.15, 0.2) is 12.2 Å². The molecule has 0 aromatic carbocycles. The second kappa shape index (κ2) is 36.8. The quantitative estimate of drug-likeness (QED) is 0.0528. The molecule has 0 saturated carbocycles. The van der Waals surface area contributed by atoms with Gasteiger partial charge in [-0.2, -0.15) is 0 Å². The van der Waals surface area contributed by atoms with E-state index >= 15 is 0 Å². The Kier molecular flexibility index (Phi) is 36.5. The van der Waals surface area contributed by atoms with Crippen LogP contribution in [0.2, 0.25) is 0 Å². The number of hydrogen-bond acceptors (Lipinski definition) is 0. The molecule has 0 heteroatoms. The zero-order valence-corrected chi connectivity index (χ0v) is 28.7. The number of allylic oxidation sites excluding steroid dienone is 1. The average Bonchev–Trinajstić information content (AvgIpc) is 2.96. The van der Waals surface area contributed by atoms with E-state index in [0.717, 1.165) is 0 Å². The lowest BCUT2D eigenvalue weighted by Crippen LogP contribution is -1.87. The summed E-state index contributed by atoms with van der Waals surface area (Å²) in [5.74, 6) is 0. The summed E-state index contributed by atoms with van der Waals surface area (Å²) >= 11 is 0. The van der Waals surface area contributed by atoms with Crippen LogP contribution in [0.3, 0.4) is 0 Å². The Bertz CT molecular complexity index is 449. The van der Waals surface area contributed by atoms with Gasteiger partial charge < -0.3 is 0 Å². The highest BCUT2D eigenvalue weighted by molar-refractivity contribution is 4.93. The zero-order valence-electron chi connectivity index (χ0n) is 28.7. The molecule has 0 aliphatic rings. The van der Waals surface area contributed by atoms with Crippen molar-refractivity contribution < 1.29 is 0 Å². The van der Waals surface area contributed by atoms with Gasteiger partial charge >= 0.3 is 0 Å². The molecule has 0 nitrogen and oxygen atoms in total. The van der Waals surface area contributed by atoms with Crippen LogP contribution in [0.5, 0.6) is 0 Å². The maximum Gasteiger partial charge on any atom is -0.0323 e. The highest BCUT2D eigenvalue weighted by Crippen LogP contribution is 2.19. The first-order chi connectivity index (χ1) is 19.8. The molecule has 0 bridgehead atoms. The van der Waals surface area contributed by atoms with Crippen LogP contribution >= 0.6 is 0 Å². The van der Waals surface area contributed by atoms with Crippen molar-refractivity contribution in [3.05, 3.63) is 12.2 Å². The van der Waals surface area contributed by atoms with E-state index in [9.17, 15) is 0 Å². The number of unbranched alkanes of at least 4 members (excludes halogenated alkanes) is 32. The smallest absolute Gasteiger partial charge is 0.0323 e. The van der Waals surface area contributed by atoms with E-state index in [1.54, 1.807) is 0 Å². The highest BCUT2D eigenvalue weighted by Gasteiger charge is 1.99. The maximum absolute atomic E-state index is 4.38. The van der Waals surface area contributed by atoms with Crippen LogP contribution in [-0.2, 0) is 0 Å². The fraction of sp³-hybridized carbons (Fsp3) is 0.950. The predicted octanol–water partition coefficient (Wildman–Crippen LogP) is 15.6. The number of hydrogen-bond donors (Lipinski definition) is 0. The summed E-state index contributed by atoms with van der Waals surface area (Å²) in [6.45, 7) is 8.99. The fourth-order valence-corrected chi connectivity index (χ4v) is 6.32. The zero-order chi connectivity index (χ0) is 29.0. The molecule has 0 radical (unpaired) electrons. The summed E-state index contributed by atoms with van der Waals surface area (Å²) in [6, 6.07) is 0. The third-order valence-corrected chi connectivity index (χ3v) is 9.27. The Morgan fingerprint density at radius 1 is 0.250 bits per heavy atom. The lowest BCUT2D eigenvalue weighted by atomic mass is 10.00. The molecule has 240 valence electrons. The molecule has 40 heavy (non-hydrogen) atoms. The molecule has 0 atom stereocenters. The maximum atomic E-state index is 4.38. The van der Waals surface area contributed by atoms with E-state index in [-0.39, 0.29) is 0 Å². The van der Waals surface area contributed by atoms with Crippen LogP contribution in [0.4, 0.5) is 0 Å². The van der Waals surface area contributed by atoms with E-state index < -0.39 is 0 Å². The van der Waals surface area contributed by atoms with Gasteiger partial charge in [-0.25, -0.2) is 0 Å². The second-order valence-electron chi connectivity index (χ2n) is 13.6. The third-order valence-electron chi connectivity index (χ3n) is 9.27. The summed E-state index contributed by atoms with van der Waals surface area (Å²) in [4.78, 5) is 0. The average molecular weight is 561 g/mol. The van der Waals surface area contributed by atoms with Crippen molar-refractivity contribution in [2.75, 3.05) is 0 Å². The van der Waals surface area contributed by atoms with E-state index in [0.29, 0.717) is 0 Å². The van der Waals surface area contributed by atoms with Crippen LogP contribution in [0, 0.1) is 0 Å². The minimum atomic E-state index is 1.29. The Balaban J connectivity index is 3.14. The van der Waals surface area contributed by atoms with E-state index in [4.69, 9.17) is 0 Å². The van der Waals surface area contributed by atoms with E-state index in [1.807, 2.05) is 0 Å². The Hall–Kier alpha value is -0.260. The van der Waals surface area contributed by atoms with Gasteiger partial charge in [0, 0.05) is 0 Å². The Labute approximate surface area is 256 Å². The van der Waals surface area contributed by atoms with Crippen molar-refractivity contribution in [3.63, 3.8) is 0 Å². The normalized spacial score (nSPS) is 11.4. The van der Waals surface area contributed by atoms with E-state index in [2.05, 4.69) is 20.4 Å². The molecule has 0 saturated heterocycles. The van der Waals surface area contributed by atoms with Crippen molar-refractivity contribution in [2.24, 2.45) is 0 Å². The number of rotatable bonds is 36. The molecule has 0 aliphatic carbocycles. The van der Waals surface area contributed by atoms with Gasteiger partial charge in [0.2, 0.25) is 0 Å². The van der Waals surface area contributed by atoms with Gasteiger partial charge in [0.1, 0.15) is 0 Å². The van der Waals surface area contributed by atoms with Gasteiger partial charge in [-0.3, -0.25) is 0 Å². The van der Waals surface area contributed by atoms with Gasteiger partial charge in [-0.15, -0.1) is 0 Å². The molecular weight excluding hydrogens is 480 g/mol. The van der Waals surface area contributed by atoms with Gasteiger partial charge in [0.05, 0.1) is 0 Å². The monoisotopic (exact) mass is 561 g/mol. The summed E-state index contributed by atoms with van der Waals surface area (Å²) in [5.41, 5.74) is 1.53. The predicted molar refractivity (Wildman–Crippen MR) is 187 cm³/mol. The van der Waals surface area contributed by atoms with Crippen LogP contribution in [-0.4, -0.2) is 0 Å². The summed E-state index contributed by atoms with van der Waals surface area (Å²) in [5, 5.41) is 0. The van der Waals surface area contributed by atoms with Gasteiger partial charge in [0.15, 0.2) is 0 Å². The molecule has 0 spiro atoms. The topological polar surface area (TPSA) is 0 Å². The third kappa shape index (κ3) is 35.8. The van der Waals surface area contributed by atoms with Crippen LogP contribution < -0.4 is 0 Å². The summed E-state index contributed by atoms with van der Waals surface area (Å²) in [6.07, 6.45) is 52.1. The summed E-state index contributed by atoms with van der Waals surface area (Å²) < 4.78 is 0. The largest absolute Gasteiger partial charge is 0.0999 e. The van der Waals surface area contributed by atoms with E-state index in [1.165, 1.54) is 237 Å². The van der Waals surface area contributed by atoms with Crippen molar-refractivity contribution >= 4 is 0 Å². The van der Waals surface area contributed by atoms with Crippen LogP contribution in [0.1, 0.15) is 245 Å². The van der Waals surface area contributed by atoms with Gasteiger partial charge in [-0.1, -0.05) is 231 Å². The molecular formula is C40H80. The second-order valence-corrected chi connectivity index (χ2v) is 13.6. The molecule has 0 heterocycles. The SMILES string of the molecule is C=C(CCCCCCCCCCCCCCCCCC)CCCCCCCCCCCCCCCCCCCC. The molecule has 0 fully saturated rings. The summed E-state index contributed by atoms with van der Waals surface area (Å²) in [7, 11) is 0. The molecule has 0 unspecified atom stereocenters. The van der Waals surface area contributed by atoms with Crippen molar-refractivity contribution in [1.29, 1.82) is 0 Å². The van der Waals surface area contributed by atoms with Crippen molar-refractivity contribution in [1.82, 2.24) is 0 Å². The molecule has 0 aliphatic heterocycles.